The van der Waals surface area contributed by atoms with Gasteiger partial charge < -0.3 is 0 Å². The first-order chi connectivity index (χ1) is 6.21. The second-order valence-corrected chi connectivity index (χ2v) is 20.1. The summed E-state index contributed by atoms with van der Waals surface area (Å²) in [6, 6.07) is 0. The average molecular weight is 341 g/mol. The van der Waals surface area contributed by atoms with Gasteiger partial charge in [0.05, 0.1) is 0 Å². The Morgan fingerprint density at radius 3 is 1.31 bits per heavy atom. The number of rotatable bonds is 2. The Labute approximate surface area is 84.2 Å². The van der Waals surface area contributed by atoms with Crippen molar-refractivity contribution in [2.24, 2.45) is 0 Å². The van der Waals surface area contributed by atoms with Gasteiger partial charge in [-0.25, -0.2) is 0 Å². The molecule has 0 atom stereocenters. The summed E-state index contributed by atoms with van der Waals surface area (Å²) in [7, 11) is 0. The summed E-state index contributed by atoms with van der Waals surface area (Å²) >= 11 is -2.01. The summed E-state index contributed by atoms with van der Waals surface area (Å²) in [5.74, 6) is 0. The van der Waals surface area contributed by atoms with E-state index in [0.717, 1.165) is 8.27 Å². The zero-order chi connectivity index (χ0) is 9.31. The fourth-order valence-electron chi connectivity index (χ4n) is 1.93. The van der Waals surface area contributed by atoms with Crippen LogP contribution in [0.4, 0.5) is 0 Å². The predicted molar refractivity (Wildman–Crippen MR) is 55.8 cm³/mol. The van der Waals surface area contributed by atoms with E-state index in [1.165, 1.54) is 0 Å². The van der Waals surface area contributed by atoms with Crippen LogP contribution in [-0.4, -0.2) is 0 Å². The Bertz CT molecular complexity index is 251. The summed E-state index contributed by atoms with van der Waals surface area (Å²) in [4.78, 5) is 0. The van der Waals surface area contributed by atoms with Crippen LogP contribution in [0.1, 0.15) is 0 Å². The van der Waals surface area contributed by atoms with Gasteiger partial charge in [-0.1, -0.05) is 0 Å². The first-order valence-electron chi connectivity index (χ1n) is 4.74. The Balaban J connectivity index is 2.19. The normalized spacial score (nSPS) is 22.3. The van der Waals surface area contributed by atoms with E-state index in [2.05, 4.69) is 58.9 Å². The molecule has 2 aliphatic rings. The quantitative estimate of drug-likeness (QED) is 0.710. The first kappa shape index (κ1) is 9.26. The molecular formula is C12H16Ta. The second-order valence-electron chi connectivity index (χ2n) is 4.15. The molecule has 0 aromatic carbocycles. The molecule has 0 aromatic rings. The molecule has 0 nitrogen and oxygen atoms in total. The van der Waals surface area contributed by atoms with E-state index in [9.17, 15) is 0 Å². The summed E-state index contributed by atoms with van der Waals surface area (Å²) in [6.45, 7) is 0. The number of hydrogen-bond donors (Lipinski definition) is 0. The van der Waals surface area contributed by atoms with Crippen LogP contribution < -0.4 is 0 Å². The van der Waals surface area contributed by atoms with Gasteiger partial charge in [-0.05, 0) is 0 Å². The van der Waals surface area contributed by atoms with E-state index in [1.807, 2.05) is 0 Å². The van der Waals surface area contributed by atoms with Crippen LogP contribution in [0.3, 0.4) is 0 Å². The van der Waals surface area contributed by atoms with Crippen molar-refractivity contribution in [1.29, 1.82) is 0 Å². The number of hydrogen-bond acceptors (Lipinski definition) is 0. The van der Waals surface area contributed by atoms with Gasteiger partial charge in [-0.2, -0.15) is 0 Å². The SMILES string of the molecule is [CH3][Ta]([CH3])([CH]1C=CC=C1)[CH]1C=CC=C1. The third kappa shape index (κ3) is 1.67. The molecular weight excluding hydrogens is 325 g/mol. The molecule has 0 N–H and O–H groups in total. The minimum absolute atomic E-state index is 0.803. The maximum atomic E-state index is 2.55. The van der Waals surface area contributed by atoms with Gasteiger partial charge in [0.15, 0.2) is 0 Å². The van der Waals surface area contributed by atoms with Gasteiger partial charge in [-0.3, -0.25) is 0 Å². The molecule has 0 spiro atoms. The van der Waals surface area contributed by atoms with E-state index in [-0.39, 0.29) is 0 Å². The van der Waals surface area contributed by atoms with Crippen molar-refractivity contribution in [2.75, 3.05) is 0 Å². The fourth-order valence-corrected chi connectivity index (χ4v) is 11.2. The van der Waals surface area contributed by atoms with Crippen LogP contribution in [-0.2, 0) is 17.1 Å². The molecule has 13 heavy (non-hydrogen) atoms. The van der Waals surface area contributed by atoms with Crippen molar-refractivity contribution in [3.8, 4) is 0 Å². The van der Waals surface area contributed by atoms with Crippen LogP contribution in [0.25, 0.3) is 0 Å². The summed E-state index contributed by atoms with van der Waals surface area (Å²) in [5.41, 5.74) is 0. The first-order valence-corrected chi connectivity index (χ1v) is 14.9. The third-order valence-corrected chi connectivity index (χ3v) is 16.5. The summed E-state index contributed by atoms with van der Waals surface area (Å²) < 4.78 is 1.61. The van der Waals surface area contributed by atoms with Crippen molar-refractivity contribution < 1.29 is 17.1 Å². The van der Waals surface area contributed by atoms with E-state index in [4.69, 9.17) is 0 Å². The number of allylic oxidation sites excluding steroid dienone is 8. The fraction of sp³-hybridized carbons (Fsp3) is 0.333. The Hall–Kier alpha value is -0.300. The molecule has 0 saturated heterocycles. The van der Waals surface area contributed by atoms with Crippen molar-refractivity contribution in [1.82, 2.24) is 0 Å². The minimum atomic E-state index is -2.01. The summed E-state index contributed by atoms with van der Waals surface area (Å²) in [6.07, 6.45) is 18.4. The molecule has 0 fully saturated rings. The Kier molecular flexibility index (Phi) is 2.46. The third-order valence-electron chi connectivity index (χ3n) is 2.99. The van der Waals surface area contributed by atoms with Crippen molar-refractivity contribution in [3.63, 3.8) is 0 Å². The van der Waals surface area contributed by atoms with Gasteiger partial charge >= 0.3 is 84.3 Å². The molecule has 0 aromatic heterocycles. The molecule has 0 bridgehead atoms. The molecule has 0 saturated carbocycles. The van der Waals surface area contributed by atoms with Crippen LogP contribution in [0.2, 0.25) is 18.6 Å². The standard InChI is InChI=1S/2C5H5.2CH3.Ta/c2*1-2-4-5-3-1;;;/h2*1-5H;2*1H3;. The molecule has 0 heterocycles. The molecule has 0 radical (unpaired) electrons. The van der Waals surface area contributed by atoms with E-state index in [0.29, 0.717) is 0 Å². The van der Waals surface area contributed by atoms with Crippen LogP contribution in [0, 0.1) is 0 Å². The topological polar surface area (TPSA) is 0 Å². The van der Waals surface area contributed by atoms with Gasteiger partial charge in [-0.15, -0.1) is 0 Å². The molecule has 2 rings (SSSR count). The van der Waals surface area contributed by atoms with Gasteiger partial charge in [0, 0.05) is 0 Å². The predicted octanol–water partition coefficient (Wildman–Crippen LogP) is 4.07. The van der Waals surface area contributed by atoms with Gasteiger partial charge in [0.25, 0.3) is 0 Å². The van der Waals surface area contributed by atoms with E-state index in [1.54, 1.807) is 0 Å². The molecule has 0 aliphatic heterocycles. The second kappa shape index (κ2) is 3.45. The Morgan fingerprint density at radius 1 is 0.692 bits per heavy atom. The molecule has 69 valence electrons. The molecule has 1 heteroatoms. The molecule has 0 unspecified atom stereocenters. The van der Waals surface area contributed by atoms with Crippen molar-refractivity contribution >= 4 is 0 Å². The van der Waals surface area contributed by atoms with Gasteiger partial charge in [0.1, 0.15) is 0 Å². The van der Waals surface area contributed by atoms with Crippen LogP contribution >= 0.6 is 0 Å². The van der Waals surface area contributed by atoms with E-state index < -0.39 is 17.1 Å². The monoisotopic (exact) mass is 341 g/mol. The molecule has 0 amide bonds. The van der Waals surface area contributed by atoms with Crippen LogP contribution in [0.5, 0.6) is 0 Å². The average Bonchev–Trinajstić information content (AvgIpc) is 2.78. The van der Waals surface area contributed by atoms with E-state index >= 15 is 0 Å². The Morgan fingerprint density at radius 2 is 1.00 bits per heavy atom. The van der Waals surface area contributed by atoms with Crippen molar-refractivity contribution in [2.45, 2.75) is 18.6 Å². The molecule has 2 aliphatic carbocycles. The zero-order valence-corrected chi connectivity index (χ0v) is 11.4. The maximum absolute atomic E-state index is 2.55. The van der Waals surface area contributed by atoms with Gasteiger partial charge in [0.2, 0.25) is 0 Å². The van der Waals surface area contributed by atoms with Crippen LogP contribution in [0.15, 0.2) is 48.6 Å². The zero-order valence-electron chi connectivity index (χ0n) is 8.22. The van der Waals surface area contributed by atoms with Crippen molar-refractivity contribution in [3.05, 3.63) is 48.6 Å². The summed E-state index contributed by atoms with van der Waals surface area (Å²) in [5, 5.41) is 5.10.